The highest BCUT2D eigenvalue weighted by atomic mass is 32.2. The van der Waals surface area contributed by atoms with Crippen LogP contribution in [0.25, 0.3) is 0 Å². The molecule has 1 atom stereocenters. The summed E-state index contributed by atoms with van der Waals surface area (Å²) in [6.45, 7) is 7.64. The molecule has 1 heterocycles. The Balaban J connectivity index is 1.97. The van der Waals surface area contributed by atoms with E-state index in [0.717, 1.165) is 5.56 Å². The molecule has 0 aliphatic carbocycles. The van der Waals surface area contributed by atoms with E-state index in [9.17, 15) is 13.2 Å². The van der Waals surface area contributed by atoms with Gasteiger partial charge < -0.3 is 14.8 Å². The molecule has 1 N–H and O–H groups in total. The number of carbonyl (C=O) groups is 1. The lowest BCUT2D eigenvalue weighted by Crippen LogP contribution is -2.45. The van der Waals surface area contributed by atoms with Gasteiger partial charge in [0.1, 0.15) is 0 Å². The number of carbonyl (C=O) groups excluding carboxylic acids is 1. The molecular weight excluding hydrogens is 368 g/mol. The molecule has 0 bridgehead atoms. The zero-order chi connectivity index (χ0) is 19.9. The normalized spacial score (nSPS) is 18.1. The van der Waals surface area contributed by atoms with Crippen molar-refractivity contribution in [1.29, 1.82) is 0 Å². The minimum atomic E-state index is -3.25. The van der Waals surface area contributed by atoms with E-state index in [2.05, 4.69) is 5.32 Å². The smallest absolute Gasteiger partial charge is 0.224 e. The molecule has 1 saturated heterocycles. The van der Waals surface area contributed by atoms with Crippen LogP contribution in [-0.4, -0.2) is 50.7 Å². The number of hydrogen-bond acceptors (Lipinski definition) is 5. The van der Waals surface area contributed by atoms with Crippen molar-refractivity contribution < 1.29 is 22.7 Å². The molecule has 1 aliphatic rings. The van der Waals surface area contributed by atoms with Crippen LogP contribution in [0.2, 0.25) is 0 Å². The molecule has 1 aliphatic heterocycles. The van der Waals surface area contributed by atoms with Gasteiger partial charge in [0.05, 0.1) is 24.9 Å². The Bertz CT molecular complexity index is 736. The number of hydrogen-bond donors (Lipinski definition) is 1. The van der Waals surface area contributed by atoms with Gasteiger partial charge in [0.2, 0.25) is 15.9 Å². The van der Waals surface area contributed by atoms with Crippen molar-refractivity contribution in [2.45, 2.75) is 40.2 Å². The minimum absolute atomic E-state index is 0.0632. The first kappa shape index (κ1) is 21.5. The molecule has 1 amide bonds. The first-order valence-electron chi connectivity index (χ1n) is 9.55. The molecule has 1 aromatic rings. The summed E-state index contributed by atoms with van der Waals surface area (Å²) in [4.78, 5) is 12.5. The summed E-state index contributed by atoms with van der Waals surface area (Å²) < 4.78 is 36.7. The highest BCUT2D eigenvalue weighted by Crippen LogP contribution is 2.28. The van der Waals surface area contributed by atoms with E-state index in [1.165, 1.54) is 4.31 Å². The van der Waals surface area contributed by atoms with E-state index in [0.29, 0.717) is 50.6 Å². The van der Waals surface area contributed by atoms with E-state index in [4.69, 9.17) is 9.47 Å². The summed E-state index contributed by atoms with van der Waals surface area (Å²) in [7, 11) is -3.25. The number of amides is 1. The van der Waals surface area contributed by atoms with Gasteiger partial charge in [0.15, 0.2) is 11.5 Å². The molecule has 2 rings (SSSR count). The van der Waals surface area contributed by atoms with Crippen molar-refractivity contribution in [1.82, 2.24) is 9.62 Å². The maximum absolute atomic E-state index is 12.5. The lowest BCUT2D eigenvalue weighted by Gasteiger charge is -2.30. The van der Waals surface area contributed by atoms with Crippen LogP contribution in [0.3, 0.4) is 0 Å². The molecule has 0 unspecified atom stereocenters. The monoisotopic (exact) mass is 398 g/mol. The molecule has 1 aromatic carbocycles. The largest absolute Gasteiger partial charge is 0.490 e. The number of benzene rings is 1. The standard InChI is InChI=1S/C19H30N2O5S/c1-4-25-17-10-9-15(12-18(17)26-5-2)13-20-19(22)16-8-7-11-21(14-16)27(23,24)6-3/h9-10,12,16H,4-8,11,13-14H2,1-3H3,(H,20,22)/t16-/m0/s1. The number of sulfonamides is 1. The Morgan fingerprint density at radius 2 is 1.89 bits per heavy atom. The van der Waals surface area contributed by atoms with Crippen LogP contribution in [0.4, 0.5) is 0 Å². The lowest BCUT2D eigenvalue weighted by atomic mass is 9.98. The molecule has 0 radical (unpaired) electrons. The Morgan fingerprint density at radius 1 is 1.19 bits per heavy atom. The summed E-state index contributed by atoms with van der Waals surface area (Å²) >= 11 is 0. The summed E-state index contributed by atoms with van der Waals surface area (Å²) in [6, 6.07) is 5.60. The Kier molecular flexibility index (Phi) is 7.91. The fraction of sp³-hybridized carbons (Fsp3) is 0.632. The van der Waals surface area contributed by atoms with Crippen molar-refractivity contribution in [3.8, 4) is 11.5 Å². The first-order valence-corrected chi connectivity index (χ1v) is 11.2. The molecule has 152 valence electrons. The second kappa shape index (κ2) is 9.94. The molecular formula is C19H30N2O5S. The van der Waals surface area contributed by atoms with Crippen LogP contribution in [-0.2, 0) is 21.4 Å². The van der Waals surface area contributed by atoms with Crippen molar-refractivity contribution >= 4 is 15.9 Å². The number of piperidine rings is 1. The van der Waals surface area contributed by atoms with Gasteiger partial charge in [-0.1, -0.05) is 6.07 Å². The topological polar surface area (TPSA) is 84.9 Å². The summed E-state index contributed by atoms with van der Waals surface area (Å²) in [5.74, 6) is 0.978. The minimum Gasteiger partial charge on any atom is -0.490 e. The maximum Gasteiger partial charge on any atom is 0.224 e. The highest BCUT2D eigenvalue weighted by molar-refractivity contribution is 7.89. The van der Waals surface area contributed by atoms with Crippen molar-refractivity contribution in [2.24, 2.45) is 5.92 Å². The zero-order valence-corrected chi connectivity index (χ0v) is 17.2. The molecule has 0 spiro atoms. The van der Waals surface area contributed by atoms with Crippen LogP contribution < -0.4 is 14.8 Å². The van der Waals surface area contributed by atoms with Crippen molar-refractivity contribution in [2.75, 3.05) is 32.1 Å². The number of rotatable bonds is 9. The van der Waals surface area contributed by atoms with E-state index >= 15 is 0 Å². The predicted octanol–water partition coefficient (Wildman–Crippen LogP) is 2.16. The maximum atomic E-state index is 12.5. The summed E-state index contributed by atoms with van der Waals surface area (Å²) in [6.07, 6.45) is 1.41. The van der Waals surface area contributed by atoms with Gasteiger partial charge in [-0.25, -0.2) is 12.7 Å². The fourth-order valence-corrected chi connectivity index (χ4v) is 4.31. The molecule has 0 aromatic heterocycles. The van der Waals surface area contributed by atoms with Crippen molar-refractivity contribution in [3.63, 3.8) is 0 Å². The van der Waals surface area contributed by atoms with E-state index in [1.54, 1.807) is 6.92 Å². The Morgan fingerprint density at radius 3 is 2.56 bits per heavy atom. The van der Waals surface area contributed by atoms with E-state index in [-0.39, 0.29) is 24.1 Å². The third-order valence-electron chi connectivity index (χ3n) is 4.59. The molecule has 1 fully saturated rings. The van der Waals surface area contributed by atoms with Gasteiger partial charge in [-0.15, -0.1) is 0 Å². The predicted molar refractivity (Wildman–Crippen MR) is 104 cm³/mol. The van der Waals surface area contributed by atoms with Gasteiger partial charge in [-0.3, -0.25) is 4.79 Å². The number of nitrogens with one attached hydrogen (secondary N) is 1. The first-order chi connectivity index (χ1) is 12.9. The van der Waals surface area contributed by atoms with Gasteiger partial charge in [-0.05, 0) is 51.3 Å². The average Bonchev–Trinajstić information content (AvgIpc) is 2.68. The van der Waals surface area contributed by atoms with Crippen LogP contribution in [0, 0.1) is 5.92 Å². The van der Waals surface area contributed by atoms with Gasteiger partial charge in [0, 0.05) is 19.6 Å². The molecule has 27 heavy (non-hydrogen) atoms. The Labute approximate surface area is 162 Å². The second-order valence-corrected chi connectivity index (χ2v) is 8.72. The van der Waals surface area contributed by atoms with E-state index < -0.39 is 10.0 Å². The Hall–Kier alpha value is -1.80. The molecule has 0 saturated carbocycles. The average molecular weight is 399 g/mol. The molecule has 7 nitrogen and oxygen atoms in total. The zero-order valence-electron chi connectivity index (χ0n) is 16.4. The van der Waals surface area contributed by atoms with Crippen molar-refractivity contribution in [3.05, 3.63) is 23.8 Å². The quantitative estimate of drug-likeness (QED) is 0.689. The fourth-order valence-electron chi connectivity index (χ4n) is 3.13. The van der Waals surface area contributed by atoms with Crippen LogP contribution in [0.1, 0.15) is 39.2 Å². The summed E-state index contributed by atoms with van der Waals surface area (Å²) in [5.41, 5.74) is 0.907. The van der Waals surface area contributed by atoms with E-state index in [1.807, 2.05) is 32.0 Å². The lowest BCUT2D eigenvalue weighted by molar-refractivity contribution is -0.126. The SMILES string of the molecule is CCOc1ccc(CNC(=O)[C@H]2CCCN(S(=O)(=O)CC)C2)cc1OCC. The van der Waals surface area contributed by atoms with Crippen LogP contribution in [0.15, 0.2) is 18.2 Å². The second-order valence-electron chi connectivity index (χ2n) is 6.46. The highest BCUT2D eigenvalue weighted by Gasteiger charge is 2.31. The van der Waals surface area contributed by atoms with Gasteiger partial charge >= 0.3 is 0 Å². The molecule has 8 heteroatoms. The third-order valence-corrected chi connectivity index (χ3v) is 6.44. The number of ether oxygens (including phenoxy) is 2. The van der Waals surface area contributed by atoms with Gasteiger partial charge in [-0.2, -0.15) is 0 Å². The summed E-state index contributed by atoms with van der Waals surface area (Å²) in [5, 5.41) is 2.92. The van der Waals surface area contributed by atoms with Gasteiger partial charge in [0.25, 0.3) is 0 Å². The van der Waals surface area contributed by atoms with Crippen LogP contribution >= 0.6 is 0 Å². The van der Waals surface area contributed by atoms with Crippen LogP contribution in [0.5, 0.6) is 11.5 Å². The third kappa shape index (κ3) is 5.84. The number of nitrogens with zero attached hydrogens (tertiary/aromatic N) is 1.